The Morgan fingerprint density at radius 1 is 1.18 bits per heavy atom. The number of rotatable bonds is 7. The average molecular weight is 238 g/mol. The van der Waals surface area contributed by atoms with Gasteiger partial charge in [-0.2, -0.15) is 0 Å². The van der Waals surface area contributed by atoms with Crippen molar-refractivity contribution in [2.45, 2.75) is 26.9 Å². The highest BCUT2D eigenvalue weighted by Crippen LogP contribution is 2.18. The van der Waals surface area contributed by atoms with Gasteiger partial charge in [0.15, 0.2) is 0 Å². The molecular formula is C14H22O3. The Morgan fingerprint density at radius 3 is 2.59 bits per heavy atom. The van der Waals surface area contributed by atoms with Gasteiger partial charge in [0.05, 0.1) is 12.7 Å². The van der Waals surface area contributed by atoms with Crippen LogP contribution in [0.15, 0.2) is 24.3 Å². The molecule has 0 amide bonds. The second-order valence-corrected chi connectivity index (χ2v) is 4.57. The zero-order valence-corrected chi connectivity index (χ0v) is 10.8. The Kier molecular flexibility index (Phi) is 6.01. The van der Waals surface area contributed by atoms with E-state index in [2.05, 4.69) is 13.8 Å². The first kappa shape index (κ1) is 14.0. The molecular weight excluding hydrogens is 216 g/mol. The second kappa shape index (κ2) is 7.30. The predicted octanol–water partition coefficient (Wildman–Crippen LogP) is 2.79. The molecule has 1 unspecified atom stereocenters. The van der Waals surface area contributed by atoms with Crippen molar-refractivity contribution in [3.63, 3.8) is 0 Å². The molecule has 3 heteroatoms. The summed E-state index contributed by atoms with van der Waals surface area (Å²) in [5.74, 6) is 1.32. The van der Waals surface area contributed by atoms with Crippen molar-refractivity contribution < 1.29 is 14.6 Å². The molecule has 0 aliphatic carbocycles. The van der Waals surface area contributed by atoms with E-state index in [1.165, 1.54) is 0 Å². The lowest BCUT2D eigenvalue weighted by atomic mass is 10.1. The SMILES string of the molecule is CC(C)COCCOc1cccc(C(C)O)c1. The van der Waals surface area contributed by atoms with Crippen LogP contribution < -0.4 is 4.74 Å². The number of hydrogen-bond acceptors (Lipinski definition) is 3. The molecule has 0 saturated heterocycles. The monoisotopic (exact) mass is 238 g/mol. The van der Waals surface area contributed by atoms with Gasteiger partial charge >= 0.3 is 0 Å². The molecule has 0 aliphatic heterocycles. The van der Waals surface area contributed by atoms with Crippen LogP contribution in [-0.2, 0) is 4.74 Å². The molecule has 0 aliphatic rings. The molecule has 0 fully saturated rings. The summed E-state index contributed by atoms with van der Waals surface area (Å²) in [6.07, 6.45) is -0.462. The fraction of sp³-hybridized carbons (Fsp3) is 0.571. The topological polar surface area (TPSA) is 38.7 Å². The zero-order valence-electron chi connectivity index (χ0n) is 10.8. The van der Waals surface area contributed by atoms with Gasteiger partial charge < -0.3 is 14.6 Å². The van der Waals surface area contributed by atoms with Crippen LogP contribution in [0.4, 0.5) is 0 Å². The van der Waals surface area contributed by atoms with E-state index in [1.807, 2.05) is 24.3 Å². The summed E-state index contributed by atoms with van der Waals surface area (Å²) in [7, 11) is 0. The highest BCUT2D eigenvalue weighted by Gasteiger charge is 2.02. The Balaban J connectivity index is 2.29. The zero-order chi connectivity index (χ0) is 12.7. The Labute approximate surface area is 103 Å². The molecule has 96 valence electrons. The largest absolute Gasteiger partial charge is 0.491 e. The first-order valence-electron chi connectivity index (χ1n) is 6.08. The van der Waals surface area contributed by atoms with E-state index >= 15 is 0 Å². The number of aliphatic hydroxyl groups is 1. The predicted molar refractivity (Wildman–Crippen MR) is 68.2 cm³/mol. The average Bonchev–Trinajstić information content (AvgIpc) is 2.28. The first-order chi connectivity index (χ1) is 8.09. The molecule has 1 rings (SSSR count). The van der Waals surface area contributed by atoms with Gasteiger partial charge in [-0.15, -0.1) is 0 Å². The van der Waals surface area contributed by atoms with Crippen LogP contribution in [0.1, 0.15) is 32.4 Å². The minimum absolute atomic E-state index is 0.462. The van der Waals surface area contributed by atoms with Gasteiger partial charge in [0.2, 0.25) is 0 Å². The van der Waals surface area contributed by atoms with Crippen molar-refractivity contribution in [1.82, 2.24) is 0 Å². The maximum atomic E-state index is 9.44. The van der Waals surface area contributed by atoms with E-state index in [0.717, 1.165) is 17.9 Å². The number of hydrogen-bond donors (Lipinski definition) is 1. The van der Waals surface area contributed by atoms with Crippen molar-refractivity contribution in [1.29, 1.82) is 0 Å². The lowest BCUT2D eigenvalue weighted by Crippen LogP contribution is -2.10. The van der Waals surface area contributed by atoms with E-state index in [0.29, 0.717) is 19.1 Å². The highest BCUT2D eigenvalue weighted by atomic mass is 16.5. The van der Waals surface area contributed by atoms with E-state index in [1.54, 1.807) is 6.92 Å². The second-order valence-electron chi connectivity index (χ2n) is 4.57. The van der Waals surface area contributed by atoms with Gasteiger partial charge in [0.25, 0.3) is 0 Å². The standard InChI is InChI=1S/C14H22O3/c1-11(2)10-16-7-8-17-14-6-4-5-13(9-14)12(3)15/h4-6,9,11-12,15H,7-8,10H2,1-3H3. The number of ether oxygens (including phenoxy) is 2. The third-order valence-corrected chi connectivity index (χ3v) is 2.29. The number of aliphatic hydroxyl groups excluding tert-OH is 1. The molecule has 0 aromatic heterocycles. The lowest BCUT2D eigenvalue weighted by molar-refractivity contribution is 0.0818. The minimum atomic E-state index is -0.462. The van der Waals surface area contributed by atoms with E-state index < -0.39 is 6.10 Å². The molecule has 1 aromatic rings. The summed E-state index contributed by atoms with van der Waals surface area (Å²) in [5, 5.41) is 9.44. The van der Waals surface area contributed by atoms with Crippen LogP contribution in [0.5, 0.6) is 5.75 Å². The van der Waals surface area contributed by atoms with E-state index in [9.17, 15) is 5.11 Å². The van der Waals surface area contributed by atoms with Gasteiger partial charge in [-0.1, -0.05) is 26.0 Å². The van der Waals surface area contributed by atoms with Crippen LogP contribution in [0.25, 0.3) is 0 Å². The smallest absolute Gasteiger partial charge is 0.119 e. The molecule has 0 spiro atoms. The molecule has 1 atom stereocenters. The summed E-state index contributed by atoms with van der Waals surface area (Å²) >= 11 is 0. The Morgan fingerprint density at radius 2 is 1.94 bits per heavy atom. The summed E-state index contributed by atoms with van der Waals surface area (Å²) in [4.78, 5) is 0. The number of benzene rings is 1. The van der Waals surface area contributed by atoms with Crippen molar-refractivity contribution in [2.24, 2.45) is 5.92 Å². The lowest BCUT2D eigenvalue weighted by Gasteiger charge is -2.10. The molecule has 1 N–H and O–H groups in total. The normalized spacial score (nSPS) is 12.8. The van der Waals surface area contributed by atoms with Crippen LogP contribution in [-0.4, -0.2) is 24.9 Å². The Hall–Kier alpha value is -1.06. The summed E-state index contributed by atoms with van der Waals surface area (Å²) in [6, 6.07) is 7.50. The molecule has 0 saturated carbocycles. The first-order valence-corrected chi connectivity index (χ1v) is 6.08. The fourth-order valence-electron chi connectivity index (χ4n) is 1.40. The summed E-state index contributed by atoms with van der Waals surface area (Å²) in [6.45, 7) is 7.87. The van der Waals surface area contributed by atoms with Gasteiger partial charge in [-0.05, 0) is 30.5 Å². The summed E-state index contributed by atoms with van der Waals surface area (Å²) in [5.41, 5.74) is 0.866. The Bertz CT molecular complexity index is 321. The van der Waals surface area contributed by atoms with Crippen LogP contribution in [0.2, 0.25) is 0 Å². The van der Waals surface area contributed by atoms with Crippen molar-refractivity contribution in [3.05, 3.63) is 29.8 Å². The van der Waals surface area contributed by atoms with Crippen molar-refractivity contribution in [2.75, 3.05) is 19.8 Å². The maximum Gasteiger partial charge on any atom is 0.119 e. The van der Waals surface area contributed by atoms with E-state index in [4.69, 9.17) is 9.47 Å². The van der Waals surface area contributed by atoms with Crippen LogP contribution in [0.3, 0.4) is 0 Å². The molecule has 3 nitrogen and oxygen atoms in total. The summed E-state index contributed by atoms with van der Waals surface area (Å²) < 4.78 is 11.0. The third-order valence-electron chi connectivity index (χ3n) is 2.29. The fourth-order valence-corrected chi connectivity index (χ4v) is 1.40. The van der Waals surface area contributed by atoms with Crippen LogP contribution in [0, 0.1) is 5.92 Å². The van der Waals surface area contributed by atoms with Gasteiger partial charge in [-0.3, -0.25) is 0 Å². The molecule has 0 heterocycles. The third kappa shape index (κ3) is 5.71. The van der Waals surface area contributed by atoms with Gasteiger partial charge in [-0.25, -0.2) is 0 Å². The molecule has 0 radical (unpaired) electrons. The molecule has 17 heavy (non-hydrogen) atoms. The van der Waals surface area contributed by atoms with Gasteiger partial charge in [0, 0.05) is 6.61 Å². The molecule has 1 aromatic carbocycles. The van der Waals surface area contributed by atoms with Crippen molar-refractivity contribution in [3.8, 4) is 5.75 Å². The molecule has 0 bridgehead atoms. The van der Waals surface area contributed by atoms with Gasteiger partial charge in [0.1, 0.15) is 12.4 Å². The van der Waals surface area contributed by atoms with Crippen molar-refractivity contribution >= 4 is 0 Å². The maximum absolute atomic E-state index is 9.44. The highest BCUT2D eigenvalue weighted by molar-refractivity contribution is 5.29. The van der Waals surface area contributed by atoms with Crippen LogP contribution >= 0.6 is 0 Å². The quantitative estimate of drug-likeness (QED) is 0.742. The van der Waals surface area contributed by atoms with E-state index in [-0.39, 0.29) is 0 Å². The minimum Gasteiger partial charge on any atom is -0.491 e.